The van der Waals surface area contributed by atoms with Crippen molar-refractivity contribution >= 4 is 17.7 Å². The Morgan fingerprint density at radius 3 is 2.78 bits per heavy atom. The molecule has 1 aromatic carbocycles. The zero-order chi connectivity index (χ0) is 13.0. The second-order valence-electron chi connectivity index (χ2n) is 3.51. The quantitative estimate of drug-likeness (QED) is 0.902. The molecule has 0 fully saturated rings. The average Bonchev–Trinajstić information content (AvgIpc) is 2.78. The molecule has 2 rings (SSSR count). The third-order valence-corrected chi connectivity index (χ3v) is 3.04. The predicted octanol–water partition coefficient (Wildman–Crippen LogP) is 2.80. The Morgan fingerprint density at radius 1 is 1.39 bits per heavy atom. The fraction of sp³-hybridized carbons (Fsp3) is 0.167. The van der Waals surface area contributed by atoms with Gasteiger partial charge in [-0.25, -0.2) is 9.37 Å². The van der Waals surface area contributed by atoms with Crippen LogP contribution < -0.4 is 0 Å². The van der Waals surface area contributed by atoms with Gasteiger partial charge in [0.15, 0.2) is 5.76 Å². The van der Waals surface area contributed by atoms with Crippen LogP contribution in [0.1, 0.15) is 5.89 Å². The Balaban J connectivity index is 2.01. The normalized spacial score (nSPS) is 10.5. The van der Waals surface area contributed by atoms with Gasteiger partial charge in [0.25, 0.3) is 0 Å². The Morgan fingerprint density at radius 2 is 2.11 bits per heavy atom. The molecule has 0 atom stereocenters. The van der Waals surface area contributed by atoms with Gasteiger partial charge in [-0.05, 0) is 24.3 Å². The van der Waals surface area contributed by atoms with Gasteiger partial charge in [0, 0.05) is 5.56 Å². The van der Waals surface area contributed by atoms with Gasteiger partial charge in [0.2, 0.25) is 5.89 Å². The van der Waals surface area contributed by atoms with E-state index in [1.54, 1.807) is 18.3 Å². The number of oxazole rings is 1. The molecule has 0 aliphatic rings. The summed E-state index contributed by atoms with van der Waals surface area (Å²) in [6, 6.07) is 5.89. The van der Waals surface area contributed by atoms with E-state index in [9.17, 15) is 9.18 Å². The molecule has 1 aromatic heterocycles. The maximum absolute atomic E-state index is 12.7. The van der Waals surface area contributed by atoms with E-state index >= 15 is 0 Å². The van der Waals surface area contributed by atoms with Crippen LogP contribution >= 0.6 is 11.8 Å². The first-order chi connectivity index (χ1) is 8.65. The van der Waals surface area contributed by atoms with Crippen LogP contribution in [0.2, 0.25) is 0 Å². The van der Waals surface area contributed by atoms with Gasteiger partial charge in [-0.1, -0.05) is 0 Å². The number of carboxylic acids is 1. The molecular weight excluding hydrogens is 257 g/mol. The predicted molar refractivity (Wildman–Crippen MR) is 65.7 cm³/mol. The number of carbonyl (C=O) groups is 1. The first-order valence-corrected chi connectivity index (χ1v) is 6.31. The largest absolute Gasteiger partial charge is 0.481 e. The number of carboxylic acid groups (broad SMARTS) is 1. The third kappa shape index (κ3) is 3.33. The van der Waals surface area contributed by atoms with E-state index in [1.807, 2.05) is 0 Å². The summed E-state index contributed by atoms with van der Waals surface area (Å²) in [6.07, 6.45) is 1.55. The highest BCUT2D eigenvalue weighted by atomic mass is 32.2. The SMILES string of the molecule is O=C(O)CSCc1ncc(-c2ccc(F)cc2)o1. The van der Waals surface area contributed by atoms with Crippen molar-refractivity contribution in [2.75, 3.05) is 5.75 Å². The summed E-state index contributed by atoms with van der Waals surface area (Å²) in [6.45, 7) is 0. The summed E-state index contributed by atoms with van der Waals surface area (Å²) in [5, 5.41) is 8.49. The molecule has 0 radical (unpaired) electrons. The number of hydrogen-bond acceptors (Lipinski definition) is 4. The zero-order valence-electron chi connectivity index (χ0n) is 9.30. The van der Waals surface area contributed by atoms with Crippen molar-refractivity contribution in [3.8, 4) is 11.3 Å². The lowest BCUT2D eigenvalue weighted by Gasteiger charge is -1.96. The number of aliphatic carboxylic acids is 1. The molecule has 1 N–H and O–H groups in total. The second kappa shape index (κ2) is 5.68. The van der Waals surface area contributed by atoms with Gasteiger partial charge in [-0.15, -0.1) is 11.8 Å². The molecule has 0 saturated heterocycles. The minimum absolute atomic E-state index is 0.00820. The Hall–Kier alpha value is -1.82. The summed E-state index contributed by atoms with van der Waals surface area (Å²) < 4.78 is 18.2. The summed E-state index contributed by atoms with van der Waals surface area (Å²) in [5.41, 5.74) is 0.735. The fourth-order valence-electron chi connectivity index (χ4n) is 1.35. The number of halogens is 1. The molecule has 0 aliphatic carbocycles. The lowest BCUT2D eigenvalue weighted by molar-refractivity contribution is -0.133. The molecule has 0 saturated carbocycles. The Kier molecular flexibility index (Phi) is 3.99. The van der Waals surface area contributed by atoms with Crippen LogP contribution in [-0.2, 0) is 10.5 Å². The van der Waals surface area contributed by atoms with Crippen molar-refractivity contribution in [1.82, 2.24) is 4.98 Å². The highest BCUT2D eigenvalue weighted by Crippen LogP contribution is 2.22. The lowest BCUT2D eigenvalue weighted by Crippen LogP contribution is -1.98. The van der Waals surface area contributed by atoms with Crippen molar-refractivity contribution in [1.29, 1.82) is 0 Å². The minimum Gasteiger partial charge on any atom is -0.481 e. The van der Waals surface area contributed by atoms with Crippen LogP contribution in [0.5, 0.6) is 0 Å². The van der Waals surface area contributed by atoms with Crippen molar-refractivity contribution in [3.63, 3.8) is 0 Å². The van der Waals surface area contributed by atoms with Gasteiger partial charge in [0.1, 0.15) is 5.82 Å². The van der Waals surface area contributed by atoms with E-state index in [4.69, 9.17) is 9.52 Å². The number of aromatic nitrogens is 1. The Bertz CT molecular complexity index is 539. The topological polar surface area (TPSA) is 63.3 Å². The van der Waals surface area contributed by atoms with E-state index in [2.05, 4.69) is 4.98 Å². The summed E-state index contributed by atoms with van der Waals surface area (Å²) >= 11 is 1.21. The van der Waals surface area contributed by atoms with Crippen molar-refractivity contribution in [3.05, 3.63) is 42.2 Å². The van der Waals surface area contributed by atoms with E-state index in [0.717, 1.165) is 5.56 Å². The van der Waals surface area contributed by atoms with Gasteiger partial charge in [-0.2, -0.15) is 0 Å². The molecular formula is C12H10FNO3S. The molecule has 6 heteroatoms. The molecule has 0 spiro atoms. The second-order valence-corrected chi connectivity index (χ2v) is 4.50. The fourth-order valence-corrected chi connectivity index (χ4v) is 1.94. The minimum atomic E-state index is -0.870. The van der Waals surface area contributed by atoms with Crippen molar-refractivity contribution < 1.29 is 18.7 Å². The van der Waals surface area contributed by atoms with Crippen LogP contribution in [0.25, 0.3) is 11.3 Å². The molecule has 94 valence electrons. The standard InChI is InChI=1S/C12H10FNO3S/c13-9-3-1-8(2-4-9)10-5-14-11(17-10)6-18-7-12(15)16/h1-5H,6-7H2,(H,15,16). The van der Waals surface area contributed by atoms with Crippen LogP contribution in [0.4, 0.5) is 4.39 Å². The van der Waals surface area contributed by atoms with Crippen LogP contribution in [-0.4, -0.2) is 21.8 Å². The van der Waals surface area contributed by atoms with Crippen LogP contribution in [0.15, 0.2) is 34.9 Å². The van der Waals surface area contributed by atoms with Gasteiger partial charge < -0.3 is 9.52 Å². The highest BCUT2D eigenvalue weighted by Gasteiger charge is 2.07. The number of rotatable bonds is 5. The van der Waals surface area contributed by atoms with Crippen LogP contribution in [0.3, 0.4) is 0 Å². The number of benzene rings is 1. The zero-order valence-corrected chi connectivity index (χ0v) is 10.1. The first-order valence-electron chi connectivity index (χ1n) is 5.15. The molecule has 0 unspecified atom stereocenters. The molecule has 0 bridgehead atoms. The monoisotopic (exact) mass is 267 g/mol. The maximum Gasteiger partial charge on any atom is 0.313 e. The maximum atomic E-state index is 12.7. The van der Waals surface area contributed by atoms with Crippen LogP contribution in [0, 0.1) is 5.82 Å². The first kappa shape index (κ1) is 12.6. The van der Waals surface area contributed by atoms with Crippen molar-refractivity contribution in [2.24, 2.45) is 0 Å². The van der Waals surface area contributed by atoms with E-state index in [0.29, 0.717) is 17.4 Å². The number of hydrogen-bond donors (Lipinski definition) is 1. The summed E-state index contributed by atoms with van der Waals surface area (Å²) in [4.78, 5) is 14.4. The van der Waals surface area contributed by atoms with E-state index in [-0.39, 0.29) is 11.6 Å². The summed E-state index contributed by atoms with van der Waals surface area (Å²) in [5.74, 6) is 0.226. The van der Waals surface area contributed by atoms with E-state index < -0.39 is 5.97 Å². The molecule has 0 amide bonds. The lowest BCUT2D eigenvalue weighted by atomic mass is 10.2. The number of nitrogens with zero attached hydrogens (tertiary/aromatic N) is 1. The molecule has 4 nitrogen and oxygen atoms in total. The summed E-state index contributed by atoms with van der Waals surface area (Å²) in [7, 11) is 0. The molecule has 0 aliphatic heterocycles. The smallest absolute Gasteiger partial charge is 0.313 e. The van der Waals surface area contributed by atoms with Gasteiger partial charge in [0.05, 0.1) is 17.7 Å². The molecule has 18 heavy (non-hydrogen) atoms. The number of thioether (sulfide) groups is 1. The molecule has 1 heterocycles. The van der Waals surface area contributed by atoms with E-state index in [1.165, 1.54) is 23.9 Å². The highest BCUT2D eigenvalue weighted by molar-refractivity contribution is 7.99. The third-order valence-electron chi connectivity index (χ3n) is 2.13. The molecule has 2 aromatic rings. The average molecular weight is 267 g/mol. The van der Waals surface area contributed by atoms with Gasteiger partial charge in [-0.3, -0.25) is 4.79 Å². The Labute approximate surface area is 107 Å². The van der Waals surface area contributed by atoms with Crippen molar-refractivity contribution in [2.45, 2.75) is 5.75 Å². The van der Waals surface area contributed by atoms with Gasteiger partial charge >= 0.3 is 5.97 Å².